The Balaban J connectivity index is 1.48. The second-order valence-corrected chi connectivity index (χ2v) is 13.0. The predicted octanol–water partition coefficient (Wildman–Crippen LogP) is 6.03. The second-order valence-electron chi connectivity index (χ2n) is 9.78. The Labute approximate surface area is 201 Å². The van der Waals surface area contributed by atoms with Gasteiger partial charge in [0.15, 0.2) is 17.0 Å². The van der Waals surface area contributed by atoms with Gasteiger partial charge in [0.05, 0.1) is 6.33 Å². The predicted molar refractivity (Wildman–Crippen MR) is 140 cm³/mol. The summed E-state index contributed by atoms with van der Waals surface area (Å²) in [6, 6.07) is 16.4. The average Bonchev–Trinajstić information content (AvgIpc) is 3.48. The summed E-state index contributed by atoms with van der Waals surface area (Å²) in [6.07, 6.45) is 7.55. The number of imidazole rings is 1. The van der Waals surface area contributed by atoms with Crippen LogP contribution in [-0.4, -0.2) is 32.8 Å². The molecule has 4 aromatic rings. The molecular weight excluding hydrogens is 441 g/mol. The number of nitrogens with one attached hydrogen (secondary N) is 1. The first-order valence-electron chi connectivity index (χ1n) is 12.1. The van der Waals surface area contributed by atoms with Crippen LogP contribution in [0.15, 0.2) is 54.9 Å². The molecule has 0 atom stereocenters. The molecule has 0 bridgehead atoms. The molecule has 34 heavy (non-hydrogen) atoms. The Morgan fingerprint density at radius 3 is 2.53 bits per heavy atom. The monoisotopic (exact) mass is 473 g/mol. The third kappa shape index (κ3) is 4.92. The lowest BCUT2D eigenvalue weighted by atomic mass is 10.1. The Hall–Kier alpha value is -2.98. The summed E-state index contributed by atoms with van der Waals surface area (Å²) >= 11 is 0. The van der Waals surface area contributed by atoms with Crippen LogP contribution < -0.4 is 10.6 Å². The molecule has 2 heterocycles. The number of hydrogen-bond donors (Lipinski definition) is 1. The van der Waals surface area contributed by atoms with Crippen LogP contribution in [0.4, 0.5) is 11.5 Å². The Morgan fingerprint density at radius 2 is 1.82 bits per heavy atom. The van der Waals surface area contributed by atoms with Crippen molar-refractivity contribution in [3.8, 4) is 0 Å². The van der Waals surface area contributed by atoms with Gasteiger partial charge in [-0.3, -0.25) is 0 Å². The summed E-state index contributed by atoms with van der Waals surface area (Å²) in [5.74, 6) is 2.05. The third-order valence-electron chi connectivity index (χ3n) is 6.68. The minimum atomic E-state index is -2.28. The van der Waals surface area contributed by atoms with Crippen molar-refractivity contribution in [3.63, 3.8) is 0 Å². The summed E-state index contributed by atoms with van der Waals surface area (Å²) in [7, 11) is -2.28. The largest absolute Gasteiger partial charge is 0.338 e. The van der Waals surface area contributed by atoms with Crippen LogP contribution in [0.25, 0.3) is 11.2 Å². The molecule has 176 valence electrons. The molecule has 0 aliphatic heterocycles. The molecule has 2 aromatic heterocycles. The molecule has 1 N–H and O–H groups in total. The number of fused-ring (bicyclic) bond motifs is 1. The van der Waals surface area contributed by atoms with Gasteiger partial charge in [-0.05, 0) is 69.3 Å². The fourth-order valence-electron chi connectivity index (χ4n) is 4.74. The Morgan fingerprint density at radius 1 is 1.06 bits per heavy atom. The SMILES string of the molecule is Cc1cccc(CCn2cnc3c(Nc4ccc(P(C)(C)=O)cc4)nc(C4CCCC4)nc32)c1. The minimum absolute atomic E-state index is 0.401. The first-order chi connectivity index (χ1) is 16.4. The molecule has 6 nitrogen and oxygen atoms in total. The number of rotatable bonds is 7. The smallest absolute Gasteiger partial charge is 0.165 e. The zero-order valence-electron chi connectivity index (χ0n) is 20.2. The molecular formula is C27H32N5OP. The van der Waals surface area contributed by atoms with Gasteiger partial charge in [0.25, 0.3) is 0 Å². The first-order valence-corrected chi connectivity index (χ1v) is 14.7. The normalized spacial score (nSPS) is 14.7. The zero-order chi connectivity index (χ0) is 23.7. The average molecular weight is 474 g/mol. The van der Waals surface area contributed by atoms with Crippen molar-refractivity contribution < 1.29 is 4.57 Å². The number of nitrogens with zero attached hydrogens (tertiary/aromatic N) is 4. The van der Waals surface area contributed by atoms with Gasteiger partial charge in [0, 0.05) is 23.5 Å². The van der Waals surface area contributed by atoms with Crippen molar-refractivity contribution in [2.75, 3.05) is 18.6 Å². The zero-order valence-corrected chi connectivity index (χ0v) is 21.1. The topological polar surface area (TPSA) is 72.7 Å². The lowest BCUT2D eigenvalue weighted by Crippen LogP contribution is -2.08. The highest BCUT2D eigenvalue weighted by Crippen LogP contribution is 2.36. The number of aromatic nitrogens is 4. The summed E-state index contributed by atoms with van der Waals surface area (Å²) in [5.41, 5.74) is 5.17. The highest BCUT2D eigenvalue weighted by atomic mass is 31.2. The van der Waals surface area contributed by atoms with Crippen LogP contribution in [0.1, 0.15) is 48.6 Å². The van der Waals surface area contributed by atoms with Gasteiger partial charge >= 0.3 is 0 Å². The van der Waals surface area contributed by atoms with Gasteiger partial charge in [-0.25, -0.2) is 15.0 Å². The highest BCUT2D eigenvalue weighted by Gasteiger charge is 2.23. The van der Waals surface area contributed by atoms with Crippen LogP contribution in [0, 0.1) is 6.92 Å². The van der Waals surface area contributed by atoms with E-state index < -0.39 is 7.14 Å². The Bertz CT molecular complexity index is 1350. The van der Waals surface area contributed by atoms with Crippen LogP contribution in [0.2, 0.25) is 0 Å². The lowest BCUT2D eigenvalue weighted by Gasteiger charge is -2.14. The maximum absolute atomic E-state index is 12.4. The van der Waals surface area contributed by atoms with E-state index in [1.54, 1.807) is 13.3 Å². The lowest BCUT2D eigenvalue weighted by molar-refractivity contribution is 0.588. The number of aryl methyl sites for hydroxylation is 3. The van der Waals surface area contributed by atoms with Crippen molar-refractivity contribution in [2.24, 2.45) is 0 Å². The summed E-state index contributed by atoms with van der Waals surface area (Å²) in [6.45, 7) is 6.53. The summed E-state index contributed by atoms with van der Waals surface area (Å²) < 4.78 is 14.5. The van der Waals surface area contributed by atoms with E-state index in [1.165, 1.54) is 24.0 Å². The van der Waals surface area contributed by atoms with Gasteiger partial charge in [-0.2, -0.15) is 0 Å². The number of hydrogen-bond acceptors (Lipinski definition) is 5. The van der Waals surface area contributed by atoms with E-state index in [9.17, 15) is 4.57 Å². The third-order valence-corrected chi connectivity index (χ3v) is 8.22. The molecule has 0 spiro atoms. The Kier molecular flexibility index (Phi) is 6.26. The van der Waals surface area contributed by atoms with Crippen LogP contribution >= 0.6 is 7.14 Å². The molecule has 0 radical (unpaired) electrons. The van der Waals surface area contributed by atoms with E-state index in [0.717, 1.165) is 59.6 Å². The molecule has 1 fully saturated rings. The second kappa shape index (κ2) is 9.34. The summed E-state index contributed by atoms with van der Waals surface area (Å²) in [4.78, 5) is 14.6. The van der Waals surface area contributed by atoms with Crippen molar-refractivity contribution in [1.29, 1.82) is 0 Å². The standard InChI is InChI=1S/C27H32N5OP/c1-19-7-6-8-20(17-19)15-16-32-18-28-24-26(29-22-11-13-23(14-12-22)34(2,3)33)30-25(31-27(24)32)21-9-4-5-10-21/h6-8,11-14,17-18,21H,4-5,9-10,15-16H2,1-3H3,(H,29,30,31). The molecule has 1 saturated carbocycles. The van der Waals surface area contributed by atoms with E-state index in [1.807, 2.05) is 30.6 Å². The molecule has 0 saturated heterocycles. The van der Waals surface area contributed by atoms with Gasteiger partial charge in [-0.1, -0.05) is 42.7 Å². The minimum Gasteiger partial charge on any atom is -0.338 e. The summed E-state index contributed by atoms with van der Waals surface area (Å²) in [5, 5.41) is 4.34. The molecule has 7 heteroatoms. The van der Waals surface area contributed by atoms with E-state index in [0.29, 0.717) is 5.92 Å². The molecule has 2 aromatic carbocycles. The van der Waals surface area contributed by atoms with Gasteiger partial charge in [0.2, 0.25) is 0 Å². The fraction of sp³-hybridized carbons (Fsp3) is 0.370. The van der Waals surface area contributed by atoms with Crippen LogP contribution in [0.5, 0.6) is 0 Å². The van der Waals surface area contributed by atoms with E-state index in [4.69, 9.17) is 15.0 Å². The van der Waals surface area contributed by atoms with Gasteiger partial charge in [0.1, 0.15) is 13.0 Å². The van der Waals surface area contributed by atoms with Crippen molar-refractivity contribution in [3.05, 3.63) is 71.8 Å². The first kappa shape index (κ1) is 22.8. The van der Waals surface area contributed by atoms with Crippen molar-refractivity contribution in [2.45, 2.75) is 51.5 Å². The molecule has 0 unspecified atom stereocenters. The van der Waals surface area contributed by atoms with Crippen molar-refractivity contribution in [1.82, 2.24) is 19.5 Å². The molecule has 1 aliphatic carbocycles. The van der Waals surface area contributed by atoms with Gasteiger partial charge in [-0.15, -0.1) is 0 Å². The van der Waals surface area contributed by atoms with Crippen molar-refractivity contribution >= 4 is 35.1 Å². The fourth-order valence-corrected chi connectivity index (χ4v) is 5.60. The van der Waals surface area contributed by atoms with E-state index >= 15 is 0 Å². The van der Waals surface area contributed by atoms with Gasteiger partial charge < -0.3 is 14.4 Å². The maximum atomic E-state index is 12.4. The van der Waals surface area contributed by atoms with Crippen LogP contribution in [0.3, 0.4) is 0 Å². The molecule has 0 amide bonds. The van der Waals surface area contributed by atoms with Crippen LogP contribution in [-0.2, 0) is 17.5 Å². The number of benzene rings is 2. The maximum Gasteiger partial charge on any atom is 0.165 e. The molecule has 1 aliphatic rings. The quantitative estimate of drug-likeness (QED) is 0.332. The van der Waals surface area contributed by atoms with E-state index in [2.05, 4.69) is 41.1 Å². The number of anilines is 2. The molecule has 5 rings (SSSR count). The van der Waals surface area contributed by atoms with E-state index in [-0.39, 0.29) is 0 Å². The highest BCUT2D eigenvalue weighted by molar-refractivity contribution is 7.70.